The summed E-state index contributed by atoms with van der Waals surface area (Å²) < 4.78 is 27.0. The molecule has 0 radical (unpaired) electrons. The molecule has 0 spiro atoms. The quantitative estimate of drug-likeness (QED) is 0.696. The van der Waals surface area contributed by atoms with Crippen molar-refractivity contribution in [3.8, 4) is 0 Å². The lowest BCUT2D eigenvalue weighted by atomic mass is 10.2. The summed E-state index contributed by atoms with van der Waals surface area (Å²) in [6, 6.07) is 14.5. The van der Waals surface area contributed by atoms with E-state index in [-0.39, 0.29) is 5.91 Å². The van der Waals surface area contributed by atoms with Gasteiger partial charge in [0, 0.05) is 41.9 Å². The minimum absolute atomic E-state index is 0.0477. The van der Waals surface area contributed by atoms with Crippen LogP contribution >= 0.6 is 11.8 Å². The Kier molecular flexibility index (Phi) is 6.47. The molecular weight excluding hydrogens is 392 g/mol. The normalized spacial score (nSPS) is 15.8. The van der Waals surface area contributed by atoms with Crippen molar-refractivity contribution in [2.75, 3.05) is 26.2 Å². The maximum absolute atomic E-state index is 12.8. The molecule has 0 atom stereocenters. The molecule has 5 nitrogen and oxygen atoms in total. The topological polar surface area (TPSA) is 57.7 Å². The fraction of sp³-hybridized carbons (Fsp3) is 0.381. The van der Waals surface area contributed by atoms with Crippen molar-refractivity contribution in [3.63, 3.8) is 0 Å². The van der Waals surface area contributed by atoms with Gasteiger partial charge >= 0.3 is 0 Å². The molecule has 28 heavy (non-hydrogen) atoms. The van der Waals surface area contributed by atoms with Crippen molar-refractivity contribution >= 4 is 27.7 Å². The summed E-state index contributed by atoms with van der Waals surface area (Å²) in [7, 11) is -3.52. The van der Waals surface area contributed by atoms with Crippen LogP contribution in [0.15, 0.2) is 58.3 Å². The predicted octanol–water partition coefficient (Wildman–Crippen LogP) is 3.64. The summed E-state index contributed by atoms with van der Waals surface area (Å²) in [5.74, 6) is -0.0477. The van der Waals surface area contributed by atoms with E-state index in [9.17, 15) is 13.2 Å². The molecule has 2 aromatic carbocycles. The van der Waals surface area contributed by atoms with Gasteiger partial charge in [-0.2, -0.15) is 4.31 Å². The maximum Gasteiger partial charge on any atom is 0.253 e. The Bertz CT molecular complexity index is 915. The smallest absolute Gasteiger partial charge is 0.253 e. The molecule has 0 unspecified atom stereocenters. The zero-order chi connectivity index (χ0) is 20.3. The molecule has 1 saturated heterocycles. The molecule has 3 rings (SSSR count). The highest BCUT2D eigenvalue weighted by molar-refractivity contribution is 7.99. The predicted molar refractivity (Wildman–Crippen MR) is 113 cm³/mol. The van der Waals surface area contributed by atoms with Crippen molar-refractivity contribution in [1.29, 1.82) is 0 Å². The minimum atomic E-state index is -3.52. The first kappa shape index (κ1) is 20.9. The Balaban J connectivity index is 1.63. The number of thioether (sulfide) groups is 1. The largest absolute Gasteiger partial charge is 0.336 e. The first-order valence-corrected chi connectivity index (χ1v) is 11.7. The lowest BCUT2D eigenvalue weighted by molar-refractivity contribution is 0.0698. The van der Waals surface area contributed by atoms with Crippen molar-refractivity contribution in [3.05, 3.63) is 59.7 Å². The van der Waals surface area contributed by atoms with Gasteiger partial charge in [0.2, 0.25) is 10.0 Å². The molecule has 1 heterocycles. The van der Waals surface area contributed by atoms with Crippen molar-refractivity contribution < 1.29 is 13.2 Å². The van der Waals surface area contributed by atoms with Crippen LogP contribution in [0.2, 0.25) is 0 Å². The highest BCUT2D eigenvalue weighted by Gasteiger charge is 2.30. The monoisotopic (exact) mass is 418 g/mol. The van der Waals surface area contributed by atoms with Gasteiger partial charge in [0.1, 0.15) is 0 Å². The molecule has 1 fully saturated rings. The molecule has 150 valence electrons. The van der Waals surface area contributed by atoms with E-state index in [0.29, 0.717) is 41.9 Å². The third kappa shape index (κ3) is 4.77. The number of sulfonamides is 1. The van der Waals surface area contributed by atoms with Gasteiger partial charge in [-0.3, -0.25) is 4.79 Å². The van der Waals surface area contributed by atoms with E-state index in [2.05, 4.69) is 13.8 Å². The Morgan fingerprint density at radius 1 is 0.929 bits per heavy atom. The fourth-order valence-electron chi connectivity index (χ4n) is 3.12. The van der Waals surface area contributed by atoms with E-state index >= 15 is 0 Å². The van der Waals surface area contributed by atoms with Crippen LogP contribution in [0.3, 0.4) is 0 Å². The summed E-state index contributed by atoms with van der Waals surface area (Å²) in [6.45, 7) is 7.60. The number of nitrogens with zero attached hydrogens (tertiary/aromatic N) is 2. The van der Waals surface area contributed by atoms with E-state index in [1.807, 2.05) is 31.2 Å². The SMILES string of the molecule is Cc1ccc(S(=O)(=O)N2CCN(C(=O)c3ccc(SC(C)C)cc3)CC2)cc1. The summed E-state index contributed by atoms with van der Waals surface area (Å²) >= 11 is 1.76. The van der Waals surface area contributed by atoms with Gasteiger partial charge in [-0.15, -0.1) is 11.8 Å². The summed E-state index contributed by atoms with van der Waals surface area (Å²) in [4.78, 5) is 15.9. The minimum Gasteiger partial charge on any atom is -0.336 e. The van der Waals surface area contributed by atoms with Gasteiger partial charge < -0.3 is 4.90 Å². The number of hydrogen-bond donors (Lipinski definition) is 0. The van der Waals surface area contributed by atoms with E-state index in [1.165, 1.54) is 4.31 Å². The third-order valence-corrected chi connectivity index (χ3v) is 7.59. The number of benzene rings is 2. The molecule has 1 aliphatic heterocycles. The molecule has 1 aliphatic rings. The second-order valence-corrected chi connectivity index (χ2v) is 10.8. The molecule has 0 aromatic heterocycles. The zero-order valence-corrected chi connectivity index (χ0v) is 18.1. The van der Waals surface area contributed by atoms with E-state index in [0.717, 1.165) is 10.5 Å². The maximum atomic E-state index is 12.8. The van der Waals surface area contributed by atoms with Gasteiger partial charge in [-0.1, -0.05) is 31.5 Å². The Morgan fingerprint density at radius 2 is 1.50 bits per heavy atom. The van der Waals surface area contributed by atoms with E-state index in [4.69, 9.17) is 0 Å². The van der Waals surface area contributed by atoms with Crippen molar-refractivity contribution in [2.45, 2.75) is 35.8 Å². The van der Waals surface area contributed by atoms with Crippen molar-refractivity contribution in [1.82, 2.24) is 9.21 Å². The first-order valence-electron chi connectivity index (χ1n) is 9.40. The highest BCUT2D eigenvalue weighted by atomic mass is 32.2. The molecule has 0 aliphatic carbocycles. The first-order chi connectivity index (χ1) is 13.3. The third-order valence-electron chi connectivity index (χ3n) is 4.66. The molecule has 0 saturated carbocycles. The van der Waals surface area contributed by atoms with Crippen LogP contribution < -0.4 is 0 Å². The standard InChI is InChI=1S/C21H26N2O3S2/c1-16(2)27-19-8-6-18(7-9-19)21(24)22-12-14-23(15-13-22)28(25,26)20-10-4-17(3)5-11-20/h4-11,16H,12-15H2,1-3H3. The van der Waals surface area contributed by atoms with Crippen LogP contribution in [-0.2, 0) is 10.0 Å². The summed E-state index contributed by atoms with van der Waals surface area (Å²) in [6.07, 6.45) is 0. The van der Waals surface area contributed by atoms with Gasteiger partial charge in [0.15, 0.2) is 0 Å². The van der Waals surface area contributed by atoms with E-state index in [1.54, 1.807) is 40.9 Å². The Hall–Kier alpha value is -1.83. The van der Waals surface area contributed by atoms with Crippen LogP contribution in [-0.4, -0.2) is 55.0 Å². The molecule has 2 aromatic rings. The fourth-order valence-corrected chi connectivity index (χ4v) is 5.38. The lowest BCUT2D eigenvalue weighted by Gasteiger charge is -2.34. The number of aryl methyl sites for hydroxylation is 1. The average Bonchev–Trinajstić information content (AvgIpc) is 2.68. The van der Waals surface area contributed by atoms with Crippen molar-refractivity contribution in [2.24, 2.45) is 0 Å². The number of amides is 1. The van der Waals surface area contributed by atoms with Gasteiger partial charge in [0.25, 0.3) is 5.91 Å². The number of hydrogen-bond acceptors (Lipinski definition) is 4. The summed E-state index contributed by atoms with van der Waals surface area (Å²) in [5.41, 5.74) is 1.66. The number of piperazine rings is 1. The number of carbonyl (C=O) groups is 1. The second kappa shape index (κ2) is 8.68. The van der Waals surface area contributed by atoms with Gasteiger partial charge in [0.05, 0.1) is 4.90 Å². The van der Waals surface area contributed by atoms with Gasteiger partial charge in [-0.25, -0.2) is 8.42 Å². The van der Waals surface area contributed by atoms with E-state index < -0.39 is 10.0 Å². The Morgan fingerprint density at radius 3 is 2.04 bits per heavy atom. The Labute approximate surface area is 171 Å². The molecule has 1 amide bonds. The summed E-state index contributed by atoms with van der Waals surface area (Å²) in [5, 5.41) is 0.491. The highest BCUT2D eigenvalue weighted by Crippen LogP contribution is 2.24. The lowest BCUT2D eigenvalue weighted by Crippen LogP contribution is -2.50. The molecule has 7 heteroatoms. The number of rotatable bonds is 5. The molecule has 0 N–H and O–H groups in total. The van der Waals surface area contributed by atoms with Crippen LogP contribution in [0.4, 0.5) is 0 Å². The zero-order valence-electron chi connectivity index (χ0n) is 16.5. The number of carbonyl (C=O) groups excluding carboxylic acids is 1. The molecular formula is C21H26N2O3S2. The van der Waals surface area contributed by atoms with Crippen LogP contribution in [0.5, 0.6) is 0 Å². The molecule has 0 bridgehead atoms. The second-order valence-electron chi connectivity index (χ2n) is 7.20. The van der Waals surface area contributed by atoms with Gasteiger partial charge in [-0.05, 0) is 43.3 Å². The van der Waals surface area contributed by atoms with Crippen LogP contribution in [0, 0.1) is 6.92 Å². The van der Waals surface area contributed by atoms with Crippen LogP contribution in [0.25, 0.3) is 0 Å². The van der Waals surface area contributed by atoms with Crippen LogP contribution in [0.1, 0.15) is 29.8 Å². The average molecular weight is 419 g/mol.